The number of nitrogens with one attached hydrogen (secondary N) is 1. The summed E-state index contributed by atoms with van der Waals surface area (Å²) in [5.41, 5.74) is 3.88. The van der Waals surface area contributed by atoms with Crippen molar-refractivity contribution in [3.05, 3.63) is 41.7 Å². The lowest BCUT2D eigenvalue weighted by Crippen LogP contribution is -2.22. The van der Waals surface area contributed by atoms with Crippen LogP contribution in [0.2, 0.25) is 0 Å². The number of rotatable bonds is 6. The van der Waals surface area contributed by atoms with Crippen molar-refractivity contribution in [3.8, 4) is 0 Å². The third kappa shape index (κ3) is 3.46. The summed E-state index contributed by atoms with van der Waals surface area (Å²) in [6.07, 6.45) is 5.84. The number of aryl methyl sites for hydroxylation is 1. The van der Waals surface area contributed by atoms with E-state index >= 15 is 0 Å². The fourth-order valence-electron chi connectivity index (χ4n) is 1.85. The molecule has 1 unspecified atom stereocenters. The van der Waals surface area contributed by atoms with Crippen molar-refractivity contribution in [2.45, 2.75) is 39.7 Å². The molecule has 88 valence electrons. The normalized spacial score (nSPS) is 12.4. The molecule has 0 saturated carbocycles. The minimum atomic E-state index is 0.375. The first-order valence-corrected chi connectivity index (χ1v) is 5.99. The van der Waals surface area contributed by atoms with Crippen LogP contribution in [0.4, 0.5) is 0 Å². The van der Waals surface area contributed by atoms with Gasteiger partial charge in [-0.25, -0.2) is 0 Å². The molecule has 0 aliphatic carbocycles. The zero-order valence-electron chi connectivity index (χ0n) is 10.6. The number of pyridine rings is 1. The summed E-state index contributed by atoms with van der Waals surface area (Å²) in [4.78, 5) is 4.14. The summed E-state index contributed by atoms with van der Waals surface area (Å²) in [5, 5.41) is 3.52. The van der Waals surface area contributed by atoms with Gasteiger partial charge < -0.3 is 5.32 Å². The van der Waals surface area contributed by atoms with Gasteiger partial charge in [-0.2, -0.15) is 0 Å². The summed E-state index contributed by atoms with van der Waals surface area (Å²) < 4.78 is 0. The predicted molar refractivity (Wildman–Crippen MR) is 69.4 cm³/mol. The third-order valence-electron chi connectivity index (χ3n) is 2.88. The number of aromatic nitrogens is 1. The summed E-state index contributed by atoms with van der Waals surface area (Å²) in [5.74, 6) is 0. The lowest BCUT2D eigenvalue weighted by Gasteiger charge is -2.20. The van der Waals surface area contributed by atoms with E-state index in [1.165, 1.54) is 16.7 Å². The van der Waals surface area contributed by atoms with Gasteiger partial charge in [0.05, 0.1) is 0 Å². The monoisotopic (exact) mass is 218 g/mol. The number of hydrogen-bond acceptors (Lipinski definition) is 2. The standard InChI is InChI=1S/C14H22N2/c1-5-11(3)9-14(16-6-2)13-7-8-15-10-12(13)4/h7-8,10,14,16H,3,5-6,9H2,1-2,4H3. The highest BCUT2D eigenvalue weighted by molar-refractivity contribution is 5.26. The highest BCUT2D eigenvalue weighted by atomic mass is 14.9. The molecule has 1 aromatic rings. The van der Waals surface area contributed by atoms with Gasteiger partial charge in [-0.1, -0.05) is 26.0 Å². The van der Waals surface area contributed by atoms with Crippen LogP contribution in [0, 0.1) is 6.92 Å². The van der Waals surface area contributed by atoms with Crippen molar-refractivity contribution in [3.63, 3.8) is 0 Å². The van der Waals surface area contributed by atoms with Gasteiger partial charge in [0.1, 0.15) is 0 Å². The van der Waals surface area contributed by atoms with Gasteiger partial charge in [0.2, 0.25) is 0 Å². The lowest BCUT2D eigenvalue weighted by molar-refractivity contribution is 0.540. The van der Waals surface area contributed by atoms with Crippen LogP contribution in [0.3, 0.4) is 0 Å². The average molecular weight is 218 g/mol. The highest BCUT2D eigenvalue weighted by Crippen LogP contribution is 2.23. The number of hydrogen-bond donors (Lipinski definition) is 1. The Kier molecular flexibility index (Phi) is 5.20. The molecule has 2 nitrogen and oxygen atoms in total. The second kappa shape index (κ2) is 6.44. The Labute approximate surface area is 98.8 Å². The molecule has 0 bridgehead atoms. The van der Waals surface area contributed by atoms with Crippen LogP contribution in [0.5, 0.6) is 0 Å². The highest BCUT2D eigenvalue weighted by Gasteiger charge is 2.13. The van der Waals surface area contributed by atoms with Gasteiger partial charge in [-0.05, 0) is 43.5 Å². The minimum Gasteiger partial charge on any atom is -0.310 e. The van der Waals surface area contributed by atoms with Crippen LogP contribution in [-0.4, -0.2) is 11.5 Å². The van der Waals surface area contributed by atoms with Crippen LogP contribution in [-0.2, 0) is 0 Å². The van der Waals surface area contributed by atoms with Gasteiger partial charge in [0.25, 0.3) is 0 Å². The lowest BCUT2D eigenvalue weighted by atomic mass is 9.96. The Hall–Kier alpha value is -1.15. The van der Waals surface area contributed by atoms with E-state index in [1.54, 1.807) is 0 Å². The quantitative estimate of drug-likeness (QED) is 0.740. The van der Waals surface area contributed by atoms with E-state index in [0.29, 0.717) is 6.04 Å². The van der Waals surface area contributed by atoms with E-state index in [2.05, 4.69) is 43.7 Å². The predicted octanol–water partition coefficient (Wildman–Crippen LogP) is 3.40. The molecule has 1 rings (SSSR count). The van der Waals surface area contributed by atoms with Gasteiger partial charge in [-0.3, -0.25) is 4.98 Å². The van der Waals surface area contributed by atoms with Crippen LogP contribution in [0.1, 0.15) is 43.9 Å². The van der Waals surface area contributed by atoms with E-state index in [-0.39, 0.29) is 0 Å². The molecule has 1 N–H and O–H groups in total. The van der Waals surface area contributed by atoms with Gasteiger partial charge in [-0.15, -0.1) is 0 Å². The third-order valence-corrected chi connectivity index (χ3v) is 2.88. The fraction of sp³-hybridized carbons (Fsp3) is 0.500. The largest absolute Gasteiger partial charge is 0.310 e. The Morgan fingerprint density at radius 3 is 2.81 bits per heavy atom. The first-order chi connectivity index (χ1) is 7.69. The second-order valence-corrected chi connectivity index (χ2v) is 4.15. The van der Waals surface area contributed by atoms with E-state index in [9.17, 15) is 0 Å². The zero-order valence-corrected chi connectivity index (χ0v) is 10.6. The van der Waals surface area contributed by atoms with E-state index < -0.39 is 0 Å². The van der Waals surface area contributed by atoms with Crippen molar-refractivity contribution in [2.75, 3.05) is 6.54 Å². The number of nitrogens with zero attached hydrogens (tertiary/aromatic N) is 1. The second-order valence-electron chi connectivity index (χ2n) is 4.15. The van der Waals surface area contributed by atoms with Gasteiger partial charge in [0, 0.05) is 18.4 Å². The maximum Gasteiger partial charge on any atom is 0.0361 e. The smallest absolute Gasteiger partial charge is 0.0361 e. The summed E-state index contributed by atoms with van der Waals surface area (Å²) in [6, 6.07) is 2.48. The van der Waals surface area contributed by atoms with Crippen LogP contribution < -0.4 is 5.32 Å². The summed E-state index contributed by atoms with van der Waals surface area (Å²) in [7, 11) is 0. The van der Waals surface area contributed by atoms with Crippen LogP contribution in [0.15, 0.2) is 30.6 Å². The molecule has 16 heavy (non-hydrogen) atoms. The Morgan fingerprint density at radius 1 is 1.50 bits per heavy atom. The molecule has 0 aliphatic rings. The molecule has 1 heterocycles. The minimum absolute atomic E-state index is 0.375. The molecular formula is C14H22N2. The van der Waals surface area contributed by atoms with Crippen molar-refractivity contribution in [2.24, 2.45) is 0 Å². The Morgan fingerprint density at radius 2 is 2.25 bits per heavy atom. The maximum atomic E-state index is 4.14. The molecule has 2 heteroatoms. The topological polar surface area (TPSA) is 24.9 Å². The van der Waals surface area contributed by atoms with Gasteiger partial charge >= 0.3 is 0 Å². The summed E-state index contributed by atoms with van der Waals surface area (Å²) >= 11 is 0. The van der Waals surface area contributed by atoms with Gasteiger partial charge in [0.15, 0.2) is 0 Å². The molecule has 0 amide bonds. The van der Waals surface area contributed by atoms with Crippen molar-refractivity contribution < 1.29 is 0 Å². The Bertz CT molecular complexity index is 344. The summed E-state index contributed by atoms with van der Waals surface area (Å²) in [6.45, 7) is 11.5. The molecule has 0 aromatic carbocycles. The van der Waals surface area contributed by atoms with E-state index in [0.717, 1.165) is 19.4 Å². The zero-order chi connectivity index (χ0) is 12.0. The van der Waals surface area contributed by atoms with Crippen molar-refractivity contribution in [1.82, 2.24) is 10.3 Å². The maximum absolute atomic E-state index is 4.14. The van der Waals surface area contributed by atoms with Crippen LogP contribution >= 0.6 is 0 Å². The molecule has 0 saturated heterocycles. The fourth-order valence-corrected chi connectivity index (χ4v) is 1.85. The average Bonchev–Trinajstić information content (AvgIpc) is 2.29. The van der Waals surface area contributed by atoms with Crippen molar-refractivity contribution >= 4 is 0 Å². The molecule has 0 spiro atoms. The van der Waals surface area contributed by atoms with Crippen LogP contribution in [0.25, 0.3) is 0 Å². The molecule has 1 atom stereocenters. The molecule has 0 fully saturated rings. The molecular weight excluding hydrogens is 196 g/mol. The molecule has 1 aromatic heterocycles. The van der Waals surface area contributed by atoms with E-state index in [4.69, 9.17) is 0 Å². The van der Waals surface area contributed by atoms with E-state index in [1.807, 2.05) is 12.4 Å². The first kappa shape index (κ1) is 12.9. The molecule has 0 aliphatic heterocycles. The molecule has 0 radical (unpaired) electrons. The first-order valence-electron chi connectivity index (χ1n) is 5.99. The Balaban J connectivity index is 2.85. The van der Waals surface area contributed by atoms with Crippen molar-refractivity contribution in [1.29, 1.82) is 0 Å². The SMILES string of the molecule is C=C(CC)CC(NCC)c1ccncc1C.